The van der Waals surface area contributed by atoms with Crippen LogP contribution in [0.25, 0.3) is 0 Å². The highest BCUT2D eigenvalue weighted by Gasteiger charge is 1.96. The first-order valence-corrected chi connectivity index (χ1v) is 6.30. The smallest absolute Gasteiger partial charge is 0.0718 e. The van der Waals surface area contributed by atoms with Gasteiger partial charge in [0.1, 0.15) is 0 Å². The molecule has 0 amide bonds. The van der Waals surface area contributed by atoms with Gasteiger partial charge >= 0.3 is 0 Å². The van der Waals surface area contributed by atoms with Gasteiger partial charge in [-0.1, -0.05) is 31.2 Å². The SMILES string of the molecule is CCNCc1cccc(COCCOCC)c1. The predicted molar refractivity (Wildman–Crippen MR) is 70.0 cm³/mol. The van der Waals surface area contributed by atoms with E-state index in [0.717, 1.165) is 19.7 Å². The maximum atomic E-state index is 5.54. The summed E-state index contributed by atoms with van der Waals surface area (Å²) >= 11 is 0. The molecule has 0 atom stereocenters. The van der Waals surface area contributed by atoms with Gasteiger partial charge in [-0.05, 0) is 24.6 Å². The van der Waals surface area contributed by atoms with Crippen molar-refractivity contribution in [2.45, 2.75) is 27.0 Å². The molecular formula is C14H23NO2. The van der Waals surface area contributed by atoms with Crippen LogP contribution in [0.3, 0.4) is 0 Å². The molecule has 0 saturated heterocycles. The summed E-state index contributed by atoms with van der Waals surface area (Å²) < 4.78 is 10.7. The fraction of sp³-hybridized carbons (Fsp3) is 0.571. The van der Waals surface area contributed by atoms with Crippen LogP contribution in [0.15, 0.2) is 24.3 Å². The zero-order valence-electron chi connectivity index (χ0n) is 10.9. The van der Waals surface area contributed by atoms with Gasteiger partial charge in [-0.2, -0.15) is 0 Å². The van der Waals surface area contributed by atoms with E-state index in [0.29, 0.717) is 19.8 Å². The fourth-order valence-electron chi connectivity index (χ4n) is 1.55. The van der Waals surface area contributed by atoms with Gasteiger partial charge < -0.3 is 14.8 Å². The molecule has 1 rings (SSSR count). The van der Waals surface area contributed by atoms with Crippen molar-refractivity contribution in [1.82, 2.24) is 5.32 Å². The van der Waals surface area contributed by atoms with E-state index < -0.39 is 0 Å². The number of rotatable bonds is 9. The van der Waals surface area contributed by atoms with E-state index in [1.807, 2.05) is 6.92 Å². The maximum absolute atomic E-state index is 5.54. The number of hydrogen-bond acceptors (Lipinski definition) is 3. The Morgan fingerprint density at radius 3 is 2.59 bits per heavy atom. The number of ether oxygens (including phenoxy) is 2. The van der Waals surface area contributed by atoms with Crippen LogP contribution in [0.1, 0.15) is 25.0 Å². The van der Waals surface area contributed by atoms with Gasteiger partial charge in [-0.15, -0.1) is 0 Å². The lowest BCUT2D eigenvalue weighted by Crippen LogP contribution is -2.11. The van der Waals surface area contributed by atoms with Gasteiger partial charge in [0, 0.05) is 13.2 Å². The number of nitrogens with one attached hydrogen (secondary N) is 1. The van der Waals surface area contributed by atoms with Gasteiger partial charge in [-0.25, -0.2) is 0 Å². The molecule has 0 saturated carbocycles. The molecule has 1 N–H and O–H groups in total. The Kier molecular flexibility index (Phi) is 7.63. The zero-order valence-corrected chi connectivity index (χ0v) is 10.9. The van der Waals surface area contributed by atoms with E-state index >= 15 is 0 Å². The molecule has 1 aromatic carbocycles. The van der Waals surface area contributed by atoms with Crippen molar-refractivity contribution in [2.75, 3.05) is 26.4 Å². The van der Waals surface area contributed by atoms with Crippen molar-refractivity contribution in [2.24, 2.45) is 0 Å². The van der Waals surface area contributed by atoms with Crippen LogP contribution < -0.4 is 5.32 Å². The number of benzene rings is 1. The topological polar surface area (TPSA) is 30.5 Å². The largest absolute Gasteiger partial charge is 0.379 e. The molecule has 3 heteroatoms. The van der Waals surface area contributed by atoms with Crippen LogP contribution >= 0.6 is 0 Å². The minimum Gasteiger partial charge on any atom is -0.379 e. The first-order chi connectivity index (χ1) is 8.36. The number of hydrogen-bond donors (Lipinski definition) is 1. The van der Waals surface area contributed by atoms with Gasteiger partial charge in [-0.3, -0.25) is 0 Å². The van der Waals surface area contributed by atoms with Crippen molar-refractivity contribution in [3.8, 4) is 0 Å². The molecule has 3 nitrogen and oxygen atoms in total. The summed E-state index contributed by atoms with van der Waals surface area (Å²) in [5.41, 5.74) is 2.52. The van der Waals surface area contributed by atoms with Crippen LogP contribution in [0.2, 0.25) is 0 Å². The first kappa shape index (κ1) is 14.2. The molecule has 0 unspecified atom stereocenters. The van der Waals surface area contributed by atoms with Crippen LogP contribution in [0, 0.1) is 0 Å². The molecule has 0 aliphatic heterocycles. The normalized spacial score (nSPS) is 10.7. The molecule has 0 aliphatic carbocycles. The Bertz CT molecular complexity index is 302. The van der Waals surface area contributed by atoms with E-state index in [-0.39, 0.29) is 0 Å². The first-order valence-electron chi connectivity index (χ1n) is 6.30. The fourth-order valence-corrected chi connectivity index (χ4v) is 1.55. The van der Waals surface area contributed by atoms with Gasteiger partial charge in [0.2, 0.25) is 0 Å². The second kappa shape index (κ2) is 9.16. The summed E-state index contributed by atoms with van der Waals surface area (Å²) in [6.45, 7) is 8.76. The molecule has 0 heterocycles. The molecule has 0 aliphatic rings. The summed E-state index contributed by atoms with van der Waals surface area (Å²) in [6, 6.07) is 8.49. The van der Waals surface area contributed by atoms with Crippen LogP contribution in [-0.4, -0.2) is 26.4 Å². The van der Waals surface area contributed by atoms with Crippen LogP contribution in [-0.2, 0) is 22.6 Å². The molecule has 0 radical (unpaired) electrons. The third-order valence-corrected chi connectivity index (χ3v) is 2.42. The van der Waals surface area contributed by atoms with Crippen molar-refractivity contribution >= 4 is 0 Å². The van der Waals surface area contributed by atoms with E-state index in [2.05, 4.69) is 36.5 Å². The average molecular weight is 237 g/mol. The Morgan fingerprint density at radius 1 is 1.06 bits per heavy atom. The minimum atomic E-state index is 0.658. The van der Waals surface area contributed by atoms with Crippen LogP contribution in [0.5, 0.6) is 0 Å². The lowest BCUT2D eigenvalue weighted by atomic mass is 10.1. The van der Waals surface area contributed by atoms with Crippen molar-refractivity contribution < 1.29 is 9.47 Å². The third kappa shape index (κ3) is 6.41. The summed E-state index contributed by atoms with van der Waals surface area (Å²) in [7, 11) is 0. The molecule has 0 aromatic heterocycles. The monoisotopic (exact) mass is 237 g/mol. The van der Waals surface area contributed by atoms with E-state index in [9.17, 15) is 0 Å². The maximum Gasteiger partial charge on any atom is 0.0718 e. The predicted octanol–water partition coefficient (Wildman–Crippen LogP) is 2.35. The molecule has 1 aromatic rings. The highest BCUT2D eigenvalue weighted by Crippen LogP contribution is 2.06. The Hall–Kier alpha value is -0.900. The highest BCUT2D eigenvalue weighted by molar-refractivity contribution is 5.22. The van der Waals surface area contributed by atoms with Crippen LogP contribution in [0.4, 0.5) is 0 Å². The second-order valence-electron chi connectivity index (χ2n) is 3.85. The second-order valence-corrected chi connectivity index (χ2v) is 3.85. The van der Waals surface area contributed by atoms with Crippen molar-refractivity contribution in [1.29, 1.82) is 0 Å². The van der Waals surface area contributed by atoms with E-state index in [4.69, 9.17) is 9.47 Å². The third-order valence-electron chi connectivity index (χ3n) is 2.42. The molecule has 17 heavy (non-hydrogen) atoms. The summed E-state index contributed by atoms with van der Waals surface area (Å²) in [5, 5.41) is 3.31. The van der Waals surface area contributed by atoms with Gasteiger partial charge in [0.05, 0.1) is 19.8 Å². The van der Waals surface area contributed by atoms with Crippen molar-refractivity contribution in [3.63, 3.8) is 0 Å². The zero-order chi connectivity index (χ0) is 12.3. The molecule has 0 fully saturated rings. The van der Waals surface area contributed by atoms with Gasteiger partial charge in [0.15, 0.2) is 0 Å². The van der Waals surface area contributed by atoms with Crippen molar-refractivity contribution in [3.05, 3.63) is 35.4 Å². The summed E-state index contributed by atoms with van der Waals surface area (Å²) in [4.78, 5) is 0. The molecule has 96 valence electrons. The standard InChI is InChI=1S/C14H23NO2/c1-3-15-11-13-6-5-7-14(10-13)12-17-9-8-16-4-2/h5-7,10,15H,3-4,8-9,11-12H2,1-2H3. The molecule has 0 bridgehead atoms. The van der Waals surface area contributed by atoms with E-state index in [1.54, 1.807) is 0 Å². The molecular weight excluding hydrogens is 214 g/mol. The lowest BCUT2D eigenvalue weighted by molar-refractivity contribution is 0.0453. The van der Waals surface area contributed by atoms with E-state index in [1.165, 1.54) is 11.1 Å². The molecule has 0 spiro atoms. The Morgan fingerprint density at radius 2 is 1.82 bits per heavy atom. The average Bonchev–Trinajstić information content (AvgIpc) is 2.37. The van der Waals surface area contributed by atoms with Gasteiger partial charge in [0.25, 0.3) is 0 Å². The summed E-state index contributed by atoms with van der Waals surface area (Å²) in [6.07, 6.45) is 0. The Balaban J connectivity index is 2.27. The highest BCUT2D eigenvalue weighted by atomic mass is 16.5. The summed E-state index contributed by atoms with van der Waals surface area (Å²) in [5.74, 6) is 0. The lowest BCUT2D eigenvalue weighted by Gasteiger charge is -2.07. The minimum absolute atomic E-state index is 0.658. The quantitative estimate of drug-likeness (QED) is 0.669. The Labute approximate surface area is 104 Å².